The Kier molecular flexibility index (Phi) is 3.89. The Morgan fingerprint density at radius 2 is 2.08 bits per heavy atom. The van der Waals surface area contributed by atoms with Crippen molar-refractivity contribution in [2.75, 3.05) is 0 Å². The van der Waals surface area contributed by atoms with E-state index in [-0.39, 0.29) is 6.10 Å². The Hall–Kier alpha value is -0.400. The van der Waals surface area contributed by atoms with Crippen LogP contribution in [-0.2, 0) is 5.88 Å². The summed E-state index contributed by atoms with van der Waals surface area (Å²) in [6.45, 7) is 3.92. The second-order valence-electron chi connectivity index (χ2n) is 3.07. The molecule has 0 aromatic heterocycles. The Labute approximate surface area is 88.6 Å². The summed E-state index contributed by atoms with van der Waals surface area (Å²) in [5, 5.41) is 0.627. The van der Waals surface area contributed by atoms with E-state index in [4.69, 9.17) is 27.9 Å². The molecule has 1 rings (SSSR count). The van der Waals surface area contributed by atoms with Crippen LogP contribution in [0.5, 0.6) is 5.75 Å². The number of hydrogen-bond acceptors (Lipinski definition) is 1. The molecule has 0 aliphatic heterocycles. The standard InChI is InChI=1S/C10H12Cl2O/c1-7(2)13-10-5-8(6-11)3-4-9(10)12/h3-5,7H,6H2,1-2H3. The Balaban J connectivity index is 2.90. The zero-order valence-electron chi connectivity index (χ0n) is 7.68. The lowest BCUT2D eigenvalue weighted by Gasteiger charge is -2.11. The average Bonchev–Trinajstić information content (AvgIpc) is 2.08. The van der Waals surface area contributed by atoms with Crippen LogP contribution in [0.1, 0.15) is 19.4 Å². The lowest BCUT2D eigenvalue weighted by molar-refractivity contribution is 0.242. The van der Waals surface area contributed by atoms with Crippen LogP contribution in [0.2, 0.25) is 5.02 Å². The summed E-state index contributed by atoms with van der Waals surface area (Å²) in [6.07, 6.45) is 0.128. The van der Waals surface area contributed by atoms with Crippen molar-refractivity contribution in [1.29, 1.82) is 0 Å². The largest absolute Gasteiger partial charge is 0.489 e. The van der Waals surface area contributed by atoms with Crippen LogP contribution in [0, 0.1) is 0 Å². The van der Waals surface area contributed by atoms with Crippen LogP contribution >= 0.6 is 23.2 Å². The number of hydrogen-bond donors (Lipinski definition) is 0. The third-order valence-corrected chi connectivity index (χ3v) is 2.13. The maximum atomic E-state index is 5.93. The van der Waals surface area contributed by atoms with E-state index < -0.39 is 0 Å². The van der Waals surface area contributed by atoms with E-state index >= 15 is 0 Å². The lowest BCUT2D eigenvalue weighted by Crippen LogP contribution is -2.06. The zero-order valence-corrected chi connectivity index (χ0v) is 9.19. The minimum Gasteiger partial charge on any atom is -0.489 e. The molecule has 0 atom stereocenters. The van der Waals surface area contributed by atoms with Crippen molar-refractivity contribution >= 4 is 23.2 Å². The summed E-state index contributed by atoms with van der Waals surface area (Å²) < 4.78 is 5.50. The highest BCUT2D eigenvalue weighted by Gasteiger charge is 2.04. The highest BCUT2D eigenvalue weighted by Crippen LogP contribution is 2.26. The third kappa shape index (κ3) is 3.09. The van der Waals surface area contributed by atoms with Gasteiger partial charge < -0.3 is 4.74 Å². The van der Waals surface area contributed by atoms with Gasteiger partial charge in [-0.15, -0.1) is 11.6 Å². The number of ether oxygens (including phenoxy) is 1. The van der Waals surface area contributed by atoms with E-state index in [1.165, 1.54) is 0 Å². The SMILES string of the molecule is CC(C)Oc1cc(CCl)ccc1Cl. The van der Waals surface area contributed by atoms with Crippen molar-refractivity contribution in [3.63, 3.8) is 0 Å². The van der Waals surface area contributed by atoms with Gasteiger partial charge in [-0.25, -0.2) is 0 Å². The molecule has 3 heteroatoms. The lowest BCUT2D eigenvalue weighted by atomic mass is 10.2. The van der Waals surface area contributed by atoms with Gasteiger partial charge in [0.25, 0.3) is 0 Å². The van der Waals surface area contributed by atoms with E-state index in [0.29, 0.717) is 16.7 Å². The Morgan fingerprint density at radius 1 is 1.38 bits per heavy atom. The molecule has 0 saturated carbocycles. The van der Waals surface area contributed by atoms with Crippen LogP contribution in [-0.4, -0.2) is 6.10 Å². The fourth-order valence-corrected chi connectivity index (χ4v) is 1.30. The van der Waals surface area contributed by atoms with Crippen molar-refractivity contribution < 1.29 is 4.74 Å². The highest BCUT2D eigenvalue weighted by atomic mass is 35.5. The van der Waals surface area contributed by atoms with E-state index in [9.17, 15) is 0 Å². The molecule has 0 unspecified atom stereocenters. The molecule has 1 nitrogen and oxygen atoms in total. The first-order chi connectivity index (χ1) is 6.13. The van der Waals surface area contributed by atoms with Gasteiger partial charge in [-0.1, -0.05) is 17.7 Å². The molecule has 0 radical (unpaired) electrons. The average molecular weight is 219 g/mol. The fourth-order valence-electron chi connectivity index (χ4n) is 0.975. The fraction of sp³-hybridized carbons (Fsp3) is 0.400. The summed E-state index contributed by atoms with van der Waals surface area (Å²) in [6, 6.07) is 5.56. The van der Waals surface area contributed by atoms with Crippen LogP contribution in [0.25, 0.3) is 0 Å². The smallest absolute Gasteiger partial charge is 0.138 e. The highest BCUT2D eigenvalue weighted by molar-refractivity contribution is 6.32. The first kappa shape index (κ1) is 10.7. The first-order valence-corrected chi connectivity index (χ1v) is 5.05. The normalized spacial score (nSPS) is 10.5. The van der Waals surface area contributed by atoms with Gasteiger partial charge >= 0.3 is 0 Å². The van der Waals surface area contributed by atoms with Crippen molar-refractivity contribution in [3.8, 4) is 5.75 Å². The van der Waals surface area contributed by atoms with E-state index in [1.54, 1.807) is 6.07 Å². The predicted molar refractivity (Wildman–Crippen MR) is 56.8 cm³/mol. The maximum absolute atomic E-state index is 5.93. The number of halogens is 2. The summed E-state index contributed by atoms with van der Waals surface area (Å²) >= 11 is 11.6. The second-order valence-corrected chi connectivity index (χ2v) is 3.74. The molecule has 0 aliphatic carbocycles. The molecule has 72 valence electrons. The van der Waals surface area contributed by atoms with E-state index in [0.717, 1.165) is 5.56 Å². The molecule has 1 aromatic rings. The van der Waals surface area contributed by atoms with Gasteiger partial charge in [-0.3, -0.25) is 0 Å². The van der Waals surface area contributed by atoms with Crippen LogP contribution in [0.4, 0.5) is 0 Å². The zero-order chi connectivity index (χ0) is 9.84. The molecule has 0 amide bonds. The van der Waals surface area contributed by atoms with Gasteiger partial charge in [0.2, 0.25) is 0 Å². The molecule has 1 aromatic carbocycles. The summed E-state index contributed by atoms with van der Waals surface area (Å²) in [4.78, 5) is 0. The molecule has 0 heterocycles. The van der Waals surface area contributed by atoms with Gasteiger partial charge in [0, 0.05) is 5.88 Å². The van der Waals surface area contributed by atoms with Gasteiger partial charge in [-0.2, -0.15) is 0 Å². The minimum atomic E-state index is 0.128. The topological polar surface area (TPSA) is 9.23 Å². The van der Waals surface area contributed by atoms with Crippen molar-refractivity contribution in [2.45, 2.75) is 25.8 Å². The molecule has 0 spiro atoms. The second kappa shape index (κ2) is 4.73. The van der Waals surface area contributed by atoms with Crippen LogP contribution < -0.4 is 4.74 Å². The Morgan fingerprint density at radius 3 is 2.62 bits per heavy atom. The molecule has 0 fully saturated rings. The van der Waals surface area contributed by atoms with Crippen molar-refractivity contribution in [1.82, 2.24) is 0 Å². The van der Waals surface area contributed by atoms with Crippen molar-refractivity contribution in [3.05, 3.63) is 28.8 Å². The predicted octanol–water partition coefficient (Wildman–Crippen LogP) is 3.87. The Bertz CT molecular complexity index is 284. The molecule has 13 heavy (non-hydrogen) atoms. The number of rotatable bonds is 3. The maximum Gasteiger partial charge on any atom is 0.138 e. The molecule has 0 bridgehead atoms. The summed E-state index contributed by atoms with van der Waals surface area (Å²) in [5.41, 5.74) is 1.02. The van der Waals surface area contributed by atoms with Gasteiger partial charge in [-0.05, 0) is 31.5 Å². The molecule has 0 N–H and O–H groups in total. The van der Waals surface area contributed by atoms with Crippen LogP contribution in [0.15, 0.2) is 18.2 Å². The number of alkyl halides is 1. The van der Waals surface area contributed by atoms with Gasteiger partial charge in [0.15, 0.2) is 0 Å². The monoisotopic (exact) mass is 218 g/mol. The molecular weight excluding hydrogens is 207 g/mol. The quantitative estimate of drug-likeness (QED) is 0.701. The first-order valence-electron chi connectivity index (χ1n) is 4.14. The summed E-state index contributed by atoms with van der Waals surface area (Å²) in [5.74, 6) is 1.18. The van der Waals surface area contributed by atoms with Crippen molar-refractivity contribution in [2.24, 2.45) is 0 Å². The van der Waals surface area contributed by atoms with Gasteiger partial charge in [0.1, 0.15) is 5.75 Å². The van der Waals surface area contributed by atoms with E-state index in [2.05, 4.69) is 0 Å². The minimum absolute atomic E-state index is 0.128. The summed E-state index contributed by atoms with van der Waals surface area (Å²) in [7, 11) is 0. The van der Waals surface area contributed by atoms with Gasteiger partial charge in [0.05, 0.1) is 11.1 Å². The number of benzene rings is 1. The molecule has 0 saturated heterocycles. The third-order valence-electron chi connectivity index (χ3n) is 1.51. The molecular formula is C10H12Cl2O. The van der Waals surface area contributed by atoms with Crippen LogP contribution in [0.3, 0.4) is 0 Å². The molecule has 0 aliphatic rings. The van der Waals surface area contributed by atoms with E-state index in [1.807, 2.05) is 26.0 Å².